The fourth-order valence-corrected chi connectivity index (χ4v) is 5.82. The summed E-state index contributed by atoms with van der Waals surface area (Å²) in [6.07, 6.45) is 1.27. The number of piperidine rings is 3. The first-order valence-corrected chi connectivity index (χ1v) is 12.2. The maximum absolute atomic E-state index is 13.3. The Kier molecular flexibility index (Phi) is 6.47. The van der Waals surface area contributed by atoms with Gasteiger partial charge in [0.25, 0.3) is 0 Å². The van der Waals surface area contributed by atoms with Crippen molar-refractivity contribution in [2.75, 3.05) is 18.4 Å². The van der Waals surface area contributed by atoms with E-state index in [0.717, 1.165) is 54.5 Å². The molecule has 5 atom stereocenters. The van der Waals surface area contributed by atoms with Crippen molar-refractivity contribution in [3.8, 4) is 0 Å². The molecule has 3 aromatic rings. The Morgan fingerprint density at radius 1 is 1.22 bits per heavy atom. The van der Waals surface area contributed by atoms with E-state index in [2.05, 4.69) is 27.1 Å². The predicted molar refractivity (Wildman–Crippen MR) is 135 cm³/mol. The van der Waals surface area contributed by atoms with Gasteiger partial charge >= 0.3 is 12.2 Å². The highest BCUT2D eigenvalue weighted by molar-refractivity contribution is 5.90. The average molecular weight is 495 g/mol. The third kappa shape index (κ3) is 4.82. The highest BCUT2D eigenvalue weighted by Gasteiger charge is 2.43. The van der Waals surface area contributed by atoms with Gasteiger partial charge in [0.05, 0.1) is 17.1 Å². The first kappa shape index (κ1) is 24.3. The van der Waals surface area contributed by atoms with Crippen LogP contribution < -0.4 is 10.6 Å². The SMILES string of the molecule is C=CC1CN2CCC1CC2[C@H](NC(=O)Nc1cc(C)cc(C(F)(F)F)c1)c1ccnc2ccccc12. The van der Waals surface area contributed by atoms with Crippen molar-refractivity contribution < 1.29 is 18.0 Å². The van der Waals surface area contributed by atoms with Crippen molar-refractivity contribution in [1.29, 1.82) is 0 Å². The number of rotatable bonds is 5. The van der Waals surface area contributed by atoms with Gasteiger partial charge in [-0.15, -0.1) is 6.58 Å². The Balaban J connectivity index is 1.47. The lowest BCUT2D eigenvalue weighted by molar-refractivity contribution is -0.137. The quantitative estimate of drug-likeness (QED) is 0.408. The van der Waals surface area contributed by atoms with Crippen molar-refractivity contribution in [3.63, 3.8) is 0 Å². The van der Waals surface area contributed by atoms with Gasteiger partial charge in [-0.2, -0.15) is 13.2 Å². The van der Waals surface area contributed by atoms with Crippen molar-refractivity contribution >= 4 is 22.6 Å². The normalized spacial score (nSPS) is 24.3. The fraction of sp³-hybridized carbons (Fsp3) is 0.357. The Morgan fingerprint density at radius 2 is 2.03 bits per heavy atom. The Bertz CT molecular complexity index is 1290. The number of fused-ring (bicyclic) bond motifs is 4. The van der Waals surface area contributed by atoms with Crippen LogP contribution >= 0.6 is 0 Å². The lowest BCUT2D eigenvalue weighted by atomic mass is 9.73. The molecule has 6 rings (SSSR count). The molecule has 3 saturated heterocycles. The number of anilines is 1. The first-order chi connectivity index (χ1) is 17.2. The van der Waals surface area contributed by atoms with Crippen LogP contribution in [-0.2, 0) is 6.18 Å². The molecular weight excluding hydrogens is 465 g/mol. The number of halogens is 3. The second-order valence-electron chi connectivity index (χ2n) is 9.83. The number of hydrogen-bond donors (Lipinski definition) is 2. The number of carbonyl (C=O) groups is 1. The minimum atomic E-state index is -4.49. The number of nitrogens with one attached hydrogen (secondary N) is 2. The van der Waals surface area contributed by atoms with Gasteiger partial charge in [0.1, 0.15) is 0 Å². The lowest BCUT2D eigenvalue weighted by Crippen LogP contribution is -2.57. The monoisotopic (exact) mass is 494 g/mol. The van der Waals surface area contributed by atoms with Crippen molar-refractivity contribution in [3.05, 3.63) is 84.1 Å². The number of para-hydroxylation sites is 1. The minimum absolute atomic E-state index is 0.0553. The summed E-state index contributed by atoms with van der Waals surface area (Å²) < 4.78 is 39.9. The summed E-state index contributed by atoms with van der Waals surface area (Å²) in [4.78, 5) is 20.1. The Morgan fingerprint density at radius 3 is 2.75 bits per heavy atom. The fourth-order valence-electron chi connectivity index (χ4n) is 5.82. The van der Waals surface area contributed by atoms with E-state index in [-0.39, 0.29) is 17.8 Å². The second-order valence-corrected chi connectivity index (χ2v) is 9.83. The second kappa shape index (κ2) is 9.58. The van der Waals surface area contributed by atoms with Crippen LogP contribution in [0.3, 0.4) is 0 Å². The summed E-state index contributed by atoms with van der Waals surface area (Å²) in [5, 5.41) is 6.71. The molecule has 0 spiro atoms. The van der Waals surface area contributed by atoms with Crippen LogP contribution in [0.5, 0.6) is 0 Å². The number of nitrogens with zero attached hydrogens (tertiary/aromatic N) is 2. The molecule has 2 aromatic carbocycles. The maximum atomic E-state index is 13.3. The Hall–Kier alpha value is -3.39. The van der Waals surface area contributed by atoms with Crippen molar-refractivity contribution in [1.82, 2.24) is 15.2 Å². The summed E-state index contributed by atoms with van der Waals surface area (Å²) in [5.74, 6) is 0.913. The molecular formula is C28H29F3N4O. The number of benzene rings is 2. The van der Waals surface area contributed by atoms with Crippen molar-refractivity contribution in [2.45, 2.75) is 38.0 Å². The van der Waals surface area contributed by atoms with Gasteiger partial charge in [-0.3, -0.25) is 9.88 Å². The molecule has 0 radical (unpaired) electrons. The first-order valence-electron chi connectivity index (χ1n) is 12.2. The molecule has 1 aromatic heterocycles. The molecule has 0 aliphatic carbocycles. The molecule has 3 aliphatic heterocycles. The molecule has 188 valence electrons. The van der Waals surface area contributed by atoms with Crippen LogP contribution in [0.25, 0.3) is 10.9 Å². The zero-order valence-electron chi connectivity index (χ0n) is 20.1. The van der Waals surface area contributed by atoms with Crippen LogP contribution in [0.1, 0.15) is 35.6 Å². The van der Waals surface area contributed by atoms with E-state index in [0.29, 0.717) is 17.4 Å². The smallest absolute Gasteiger partial charge is 0.329 e. The molecule has 36 heavy (non-hydrogen) atoms. The van der Waals surface area contributed by atoms with Gasteiger partial charge in [-0.25, -0.2) is 4.79 Å². The maximum Gasteiger partial charge on any atom is 0.416 e. The van der Waals surface area contributed by atoms with Crippen LogP contribution in [-0.4, -0.2) is 35.0 Å². The molecule has 0 saturated carbocycles. The zero-order chi connectivity index (χ0) is 25.4. The summed E-state index contributed by atoms with van der Waals surface area (Å²) in [7, 11) is 0. The van der Waals surface area contributed by atoms with Gasteiger partial charge in [0.15, 0.2) is 0 Å². The molecule has 8 heteroatoms. The number of alkyl halides is 3. The topological polar surface area (TPSA) is 57.3 Å². The van der Waals surface area contributed by atoms with Gasteiger partial charge in [-0.05, 0) is 79.6 Å². The molecule has 3 fully saturated rings. The highest BCUT2D eigenvalue weighted by atomic mass is 19.4. The highest BCUT2D eigenvalue weighted by Crippen LogP contribution is 2.42. The predicted octanol–water partition coefficient (Wildman–Crippen LogP) is 6.32. The van der Waals surface area contributed by atoms with E-state index in [1.807, 2.05) is 36.4 Å². The van der Waals surface area contributed by atoms with Gasteiger partial charge < -0.3 is 10.6 Å². The number of carbonyl (C=O) groups excluding carboxylic acids is 1. The van der Waals surface area contributed by atoms with E-state index < -0.39 is 17.8 Å². The molecule has 2 bridgehead atoms. The molecule has 4 heterocycles. The van der Waals surface area contributed by atoms with E-state index in [1.54, 1.807) is 13.1 Å². The van der Waals surface area contributed by atoms with Gasteiger partial charge in [-0.1, -0.05) is 24.3 Å². The van der Waals surface area contributed by atoms with Gasteiger partial charge in [0.2, 0.25) is 0 Å². The van der Waals surface area contributed by atoms with E-state index in [9.17, 15) is 18.0 Å². The summed E-state index contributed by atoms with van der Waals surface area (Å²) >= 11 is 0. The summed E-state index contributed by atoms with van der Waals surface area (Å²) in [6.45, 7) is 7.40. The minimum Gasteiger partial charge on any atom is -0.329 e. The number of aryl methyl sites for hydroxylation is 1. The number of pyridine rings is 1. The zero-order valence-corrected chi connectivity index (χ0v) is 20.1. The standard InChI is InChI=1S/C28H29F3N4O/c1-3-18-16-35-11-9-19(18)14-25(35)26(23-8-10-32-24-7-5-4-6-22(23)24)34-27(36)33-21-13-17(2)12-20(15-21)28(29,30)31/h3-8,10,12-13,15,18-19,25-26H,1,9,11,14,16H2,2H3,(H2,33,34,36)/t18?,19?,25?,26-/m1/s1. The van der Waals surface area contributed by atoms with Crippen LogP contribution in [0, 0.1) is 18.8 Å². The number of aromatic nitrogens is 1. The molecule has 5 nitrogen and oxygen atoms in total. The summed E-state index contributed by atoms with van der Waals surface area (Å²) in [6, 6.07) is 12.4. The molecule has 4 unspecified atom stereocenters. The average Bonchev–Trinajstić information content (AvgIpc) is 2.86. The lowest BCUT2D eigenvalue weighted by Gasteiger charge is -2.51. The molecule has 2 N–H and O–H groups in total. The third-order valence-corrected chi connectivity index (χ3v) is 7.51. The van der Waals surface area contributed by atoms with Gasteiger partial charge in [0, 0.05) is 29.9 Å². The Labute approximate surface area is 208 Å². The third-order valence-electron chi connectivity index (χ3n) is 7.51. The van der Waals surface area contributed by atoms with Crippen LogP contribution in [0.2, 0.25) is 0 Å². The molecule has 3 aliphatic rings. The number of urea groups is 1. The van der Waals surface area contributed by atoms with Crippen LogP contribution in [0.15, 0.2) is 67.4 Å². The molecule has 2 amide bonds. The summed E-state index contributed by atoms with van der Waals surface area (Å²) in [5.41, 5.74) is 1.51. The van der Waals surface area contributed by atoms with E-state index >= 15 is 0 Å². The van der Waals surface area contributed by atoms with Crippen molar-refractivity contribution in [2.24, 2.45) is 11.8 Å². The van der Waals surface area contributed by atoms with E-state index in [4.69, 9.17) is 0 Å². The number of amides is 2. The largest absolute Gasteiger partial charge is 0.416 e. The van der Waals surface area contributed by atoms with Crippen LogP contribution in [0.4, 0.5) is 23.7 Å². The number of hydrogen-bond acceptors (Lipinski definition) is 3. The van der Waals surface area contributed by atoms with E-state index in [1.165, 1.54) is 6.07 Å².